The summed E-state index contributed by atoms with van der Waals surface area (Å²) >= 11 is 0. The first-order chi connectivity index (χ1) is 25.7. The maximum absolute atomic E-state index is 6.40. The van der Waals surface area contributed by atoms with Crippen LogP contribution in [0.5, 0.6) is 0 Å². The van der Waals surface area contributed by atoms with E-state index in [1.165, 1.54) is 16.3 Å². The standard InChI is InChI=1S/C48H31N3O/c1-3-12-34(13-4-1)46-49-47(35-14-5-2-6-15-35)51-48(50-46)45-39-18-8-7-11-31(27-39)19-25-40(45)33-22-20-32(21-23-33)38-24-26-41-42-28-36-16-9-10-17-37(36)29-44(42)52-43(41)30-38/h1-26,28-30H,27H2. The molecule has 8 aromatic rings. The van der Waals surface area contributed by atoms with Crippen molar-refractivity contribution in [3.05, 3.63) is 199 Å². The second-order valence-electron chi connectivity index (χ2n) is 13.2. The lowest BCUT2D eigenvalue weighted by atomic mass is 9.91. The Hall–Kier alpha value is -6.91. The van der Waals surface area contributed by atoms with Crippen LogP contribution in [0, 0.1) is 0 Å². The van der Waals surface area contributed by atoms with Gasteiger partial charge in [-0.3, -0.25) is 0 Å². The van der Waals surface area contributed by atoms with Crippen molar-refractivity contribution in [2.75, 3.05) is 0 Å². The molecule has 52 heavy (non-hydrogen) atoms. The number of allylic oxidation sites excluding steroid dienone is 10. The van der Waals surface area contributed by atoms with Gasteiger partial charge in [0.15, 0.2) is 17.5 Å². The first-order valence-electron chi connectivity index (χ1n) is 17.6. The van der Waals surface area contributed by atoms with Crippen molar-refractivity contribution in [3.8, 4) is 33.9 Å². The first-order valence-corrected chi connectivity index (χ1v) is 17.6. The number of furan rings is 1. The van der Waals surface area contributed by atoms with Gasteiger partial charge < -0.3 is 4.42 Å². The van der Waals surface area contributed by atoms with Crippen molar-refractivity contribution >= 4 is 43.9 Å². The summed E-state index contributed by atoms with van der Waals surface area (Å²) < 4.78 is 6.40. The largest absolute Gasteiger partial charge is 0.456 e. The summed E-state index contributed by atoms with van der Waals surface area (Å²) in [6.07, 6.45) is 13.8. The van der Waals surface area contributed by atoms with Gasteiger partial charge in [-0.2, -0.15) is 0 Å². The maximum atomic E-state index is 6.40. The van der Waals surface area contributed by atoms with Crippen molar-refractivity contribution in [1.29, 1.82) is 0 Å². The fourth-order valence-electron chi connectivity index (χ4n) is 7.33. The van der Waals surface area contributed by atoms with Gasteiger partial charge in [0.1, 0.15) is 11.2 Å². The molecule has 244 valence electrons. The molecule has 4 heteroatoms. The van der Waals surface area contributed by atoms with Crippen LogP contribution in [0.2, 0.25) is 0 Å². The number of nitrogens with zero attached hydrogens (tertiary/aromatic N) is 3. The van der Waals surface area contributed by atoms with E-state index < -0.39 is 0 Å². The summed E-state index contributed by atoms with van der Waals surface area (Å²) in [5, 5.41) is 4.66. The molecule has 2 heterocycles. The van der Waals surface area contributed by atoms with E-state index in [-0.39, 0.29) is 0 Å². The van der Waals surface area contributed by atoms with E-state index in [0.29, 0.717) is 17.5 Å². The zero-order valence-corrected chi connectivity index (χ0v) is 28.2. The molecule has 2 bridgehead atoms. The Morgan fingerprint density at radius 2 is 1.04 bits per heavy atom. The fraction of sp³-hybridized carbons (Fsp3) is 0.0208. The van der Waals surface area contributed by atoms with Gasteiger partial charge in [0.05, 0.1) is 0 Å². The molecule has 0 fully saturated rings. The minimum atomic E-state index is 0.648. The third-order valence-corrected chi connectivity index (χ3v) is 9.96. The number of benzene rings is 6. The van der Waals surface area contributed by atoms with Gasteiger partial charge in [0.2, 0.25) is 0 Å². The summed E-state index contributed by atoms with van der Waals surface area (Å²) in [6, 6.07) is 48.4. The summed E-state index contributed by atoms with van der Waals surface area (Å²) in [5.41, 5.74) is 11.5. The molecule has 0 N–H and O–H groups in total. The summed E-state index contributed by atoms with van der Waals surface area (Å²) in [6.45, 7) is 0. The molecule has 0 unspecified atom stereocenters. The lowest BCUT2D eigenvalue weighted by Gasteiger charge is -2.16. The Morgan fingerprint density at radius 3 is 1.77 bits per heavy atom. The molecule has 2 aliphatic carbocycles. The van der Waals surface area contributed by atoms with E-state index in [2.05, 4.69) is 115 Å². The molecule has 0 saturated carbocycles. The highest BCUT2D eigenvalue weighted by atomic mass is 16.3. The normalized spacial score (nSPS) is 14.1. The minimum absolute atomic E-state index is 0.648. The SMILES string of the molecule is C1=CC=C2CC(=C1)C=CC(c1ccc(-c3ccc4c(c3)oc3cc5ccccc5cc34)cc1)=C2c1nc(-c2ccccc2)nc(-c2ccccc2)n1. The number of hydrogen-bond acceptors (Lipinski definition) is 4. The lowest BCUT2D eigenvalue weighted by molar-refractivity contribution is 0.669. The van der Waals surface area contributed by atoms with Gasteiger partial charge in [-0.1, -0.05) is 152 Å². The lowest BCUT2D eigenvalue weighted by Crippen LogP contribution is -2.05. The number of fused-ring (bicyclic) bond motifs is 6. The molecule has 2 aliphatic rings. The second kappa shape index (κ2) is 12.4. The van der Waals surface area contributed by atoms with E-state index in [0.717, 1.165) is 72.9 Å². The molecule has 0 radical (unpaired) electrons. The fourth-order valence-corrected chi connectivity index (χ4v) is 7.33. The average molecular weight is 666 g/mol. The van der Waals surface area contributed by atoms with Gasteiger partial charge >= 0.3 is 0 Å². The van der Waals surface area contributed by atoms with Crippen LogP contribution in [0.3, 0.4) is 0 Å². The van der Waals surface area contributed by atoms with Crippen molar-refractivity contribution in [2.24, 2.45) is 0 Å². The third kappa shape index (κ3) is 5.38. The Balaban J connectivity index is 1.11. The molecule has 0 atom stereocenters. The number of aromatic nitrogens is 3. The van der Waals surface area contributed by atoms with E-state index in [1.54, 1.807) is 0 Å². The summed E-state index contributed by atoms with van der Waals surface area (Å²) in [7, 11) is 0. The molecular formula is C48H31N3O. The molecule has 0 spiro atoms. The van der Waals surface area contributed by atoms with Gasteiger partial charge in [-0.15, -0.1) is 0 Å². The molecule has 2 aromatic heterocycles. The molecule has 0 amide bonds. The van der Waals surface area contributed by atoms with Gasteiger partial charge in [0.25, 0.3) is 0 Å². The Morgan fingerprint density at radius 1 is 0.442 bits per heavy atom. The molecule has 4 nitrogen and oxygen atoms in total. The number of hydrogen-bond donors (Lipinski definition) is 0. The smallest absolute Gasteiger partial charge is 0.165 e. The van der Waals surface area contributed by atoms with Crippen molar-refractivity contribution in [3.63, 3.8) is 0 Å². The summed E-state index contributed by atoms with van der Waals surface area (Å²) in [4.78, 5) is 15.3. The Bertz CT molecular complexity index is 2780. The highest BCUT2D eigenvalue weighted by Crippen LogP contribution is 2.40. The van der Waals surface area contributed by atoms with Crippen LogP contribution in [0.25, 0.3) is 77.8 Å². The van der Waals surface area contributed by atoms with Crippen molar-refractivity contribution < 1.29 is 4.42 Å². The summed E-state index contributed by atoms with van der Waals surface area (Å²) in [5.74, 6) is 1.95. The molecule has 10 rings (SSSR count). The average Bonchev–Trinajstić information content (AvgIpc) is 3.31. The van der Waals surface area contributed by atoms with E-state index in [9.17, 15) is 0 Å². The second-order valence-corrected chi connectivity index (χ2v) is 13.2. The topological polar surface area (TPSA) is 51.8 Å². The predicted octanol–water partition coefficient (Wildman–Crippen LogP) is 12.2. The van der Waals surface area contributed by atoms with Gasteiger partial charge in [-0.25, -0.2) is 15.0 Å². The van der Waals surface area contributed by atoms with E-state index in [1.807, 2.05) is 60.7 Å². The van der Waals surface area contributed by atoms with Crippen LogP contribution in [-0.2, 0) is 0 Å². The quantitative estimate of drug-likeness (QED) is 0.184. The molecule has 0 saturated heterocycles. The van der Waals surface area contributed by atoms with Crippen LogP contribution in [0.15, 0.2) is 192 Å². The minimum Gasteiger partial charge on any atom is -0.456 e. The van der Waals surface area contributed by atoms with Crippen molar-refractivity contribution in [1.82, 2.24) is 15.0 Å². The van der Waals surface area contributed by atoms with Crippen molar-refractivity contribution in [2.45, 2.75) is 6.42 Å². The van der Waals surface area contributed by atoms with Crippen LogP contribution in [0.1, 0.15) is 17.8 Å². The number of rotatable bonds is 5. The van der Waals surface area contributed by atoms with Crippen LogP contribution in [0.4, 0.5) is 0 Å². The highest BCUT2D eigenvalue weighted by Gasteiger charge is 2.23. The van der Waals surface area contributed by atoms with E-state index >= 15 is 0 Å². The third-order valence-electron chi connectivity index (χ3n) is 9.96. The van der Waals surface area contributed by atoms with Gasteiger partial charge in [-0.05, 0) is 74.9 Å². The monoisotopic (exact) mass is 665 g/mol. The Labute approximate surface area is 301 Å². The zero-order chi connectivity index (χ0) is 34.4. The predicted molar refractivity (Wildman–Crippen MR) is 213 cm³/mol. The van der Waals surface area contributed by atoms with Crippen LogP contribution >= 0.6 is 0 Å². The maximum Gasteiger partial charge on any atom is 0.165 e. The Kier molecular flexibility index (Phi) is 7.17. The zero-order valence-electron chi connectivity index (χ0n) is 28.2. The molecule has 6 aromatic carbocycles. The molecule has 0 aliphatic heterocycles. The molecular weight excluding hydrogens is 635 g/mol. The van der Waals surface area contributed by atoms with Crippen LogP contribution in [-0.4, -0.2) is 15.0 Å². The highest BCUT2D eigenvalue weighted by molar-refractivity contribution is 6.10. The first kappa shape index (κ1) is 30.0. The van der Waals surface area contributed by atoms with E-state index in [4.69, 9.17) is 19.4 Å². The van der Waals surface area contributed by atoms with Crippen LogP contribution < -0.4 is 0 Å². The van der Waals surface area contributed by atoms with Gasteiger partial charge in [0, 0.05) is 27.5 Å².